The molecule has 2 aromatic rings. The van der Waals surface area contributed by atoms with Gasteiger partial charge < -0.3 is 0 Å². The lowest BCUT2D eigenvalue weighted by Crippen LogP contribution is -2.12. The summed E-state index contributed by atoms with van der Waals surface area (Å²) in [5.41, 5.74) is 5.60. The van der Waals surface area contributed by atoms with Crippen molar-refractivity contribution in [2.45, 2.75) is 66.2 Å². The Balaban J connectivity index is 2.63. The normalized spacial score (nSPS) is 11.9. The summed E-state index contributed by atoms with van der Waals surface area (Å²) < 4.78 is 0. The number of halogens is 2. The Bertz CT molecular complexity index is 849. The zero-order valence-corrected chi connectivity index (χ0v) is 19.0. The molecule has 0 aliphatic rings. The molecule has 0 heterocycles. The molecule has 2 nitrogen and oxygen atoms in total. The molecular weight excluding hydrogens is 375 g/mol. The molecule has 0 radical (unpaired) electrons. The van der Waals surface area contributed by atoms with E-state index < -0.39 is 0 Å². The summed E-state index contributed by atoms with van der Waals surface area (Å²) in [5, 5.41) is 1.21. The van der Waals surface area contributed by atoms with Crippen LogP contribution in [0.4, 0.5) is 11.4 Å². The number of benzene rings is 2. The van der Waals surface area contributed by atoms with Crippen LogP contribution >= 0.6 is 23.2 Å². The van der Waals surface area contributed by atoms with E-state index in [1.807, 2.05) is 26.0 Å². The van der Waals surface area contributed by atoms with Crippen LogP contribution in [0.25, 0.3) is 0 Å². The molecular formula is C23H28Cl2N2. The quantitative estimate of drug-likeness (QED) is 0.450. The standard InChI is InChI=1S/C23H28Cl2N2/c1-14-9-16(22(3,4)5)20(18(24)11-14)26-13-27-21-17(23(6,7)8)10-15(2)12-19(21)25/h9-12H,1-8H3. The maximum absolute atomic E-state index is 6.48. The van der Waals surface area contributed by atoms with Crippen LogP contribution in [-0.2, 0) is 10.8 Å². The Morgan fingerprint density at radius 1 is 0.667 bits per heavy atom. The van der Waals surface area contributed by atoms with E-state index in [0.717, 1.165) is 22.3 Å². The van der Waals surface area contributed by atoms with Crippen LogP contribution in [0.15, 0.2) is 34.3 Å². The van der Waals surface area contributed by atoms with E-state index >= 15 is 0 Å². The predicted octanol–water partition coefficient (Wildman–Crippen LogP) is 8.34. The van der Waals surface area contributed by atoms with Crippen LogP contribution in [0.5, 0.6) is 0 Å². The number of rotatable bonds is 2. The fraction of sp³-hybridized carbons (Fsp3) is 0.435. The summed E-state index contributed by atoms with van der Waals surface area (Å²) in [6.45, 7) is 16.9. The minimum atomic E-state index is -0.0890. The van der Waals surface area contributed by atoms with Crippen LogP contribution in [-0.4, -0.2) is 6.01 Å². The van der Waals surface area contributed by atoms with Crippen molar-refractivity contribution in [3.05, 3.63) is 56.6 Å². The summed E-state index contributed by atoms with van der Waals surface area (Å²) in [5.74, 6) is 0. The molecule has 0 saturated carbocycles. The van der Waals surface area contributed by atoms with Gasteiger partial charge in [0.25, 0.3) is 0 Å². The molecule has 4 heteroatoms. The molecule has 0 unspecified atom stereocenters. The number of nitrogens with zero attached hydrogens (tertiary/aromatic N) is 2. The molecule has 2 rings (SSSR count). The fourth-order valence-corrected chi connectivity index (χ4v) is 3.60. The molecule has 0 fully saturated rings. The largest absolute Gasteiger partial charge is 0.186 e. The van der Waals surface area contributed by atoms with E-state index in [1.165, 1.54) is 0 Å². The highest BCUT2D eigenvalue weighted by atomic mass is 35.5. The molecule has 2 aromatic carbocycles. The maximum atomic E-state index is 6.48. The molecule has 0 bridgehead atoms. The first-order valence-electron chi connectivity index (χ1n) is 9.08. The maximum Gasteiger partial charge on any atom is 0.101 e. The Hall–Kier alpha value is -1.60. The number of hydrogen-bond donors (Lipinski definition) is 0. The van der Waals surface area contributed by atoms with E-state index in [9.17, 15) is 0 Å². The number of aliphatic imine (C=N–C) groups is 2. The van der Waals surface area contributed by atoms with Gasteiger partial charge in [0.05, 0.1) is 21.4 Å². The second-order valence-corrected chi connectivity index (χ2v) is 9.92. The number of hydrogen-bond acceptors (Lipinski definition) is 2. The van der Waals surface area contributed by atoms with Gasteiger partial charge in [-0.3, -0.25) is 0 Å². The summed E-state index contributed by atoms with van der Waals surface area (Å²) in [7, 11) is 0. The Kier molecular flexibility index (Phi) is 6.26. The van der Waals surface area contributed by atoms with E-state index in [4.69, 9.17) is 23.2 Å². The minimum Gasteiger partial charge on any atom is -0.186 e. The molecule has 0 atom stereocenters. The molecule has 0 aliphatic carbocycles. The van der Waals surface area contributed by atoms with Crippen LogP contribution in [0.3, 0.4) is 0 Å². The summed E-state index contributed by atoms with van der Waals surface area (Å²) in [4.78, 5) is 8.98. The van der Waals surface area contributed by atoms with E-state index in [1.54, 1.807) is 0 Å². The molecule has 27 heavy (non-hydrogen) atoms. The van der Waals surface area contributed by atoms with Crippen molar-refractivity contribution < 1.29 is 0 Å². The van der Waals surface area contributed by atoms with Crippen molar-refractivity contribution in [2.24, 2.45) is 9.98 Å². The SMILES string of the molecule is Cc1cc(Cl)c(N=C=Nc2c(Cl)cc(C)cc2C(C)(C)C)c(C(C)(C)C)c1. The Labute approximate surface area is 173 Å². The van der Waals surface area contributed by atoms with Gasteiger partial charge in [0.1, 0.15) is 6.01 Å². The highest BCUT2D eigenvalue weighted by molar-refractivity contribution is 6.33. The molecule has 0 aliphatic heterocycles. The smallest absolute Gasteiger partial charge is 0.101 e. The highest BCUT2D eigenvalue weighted by Crippen LogP contribution is 2.39. The van der Waals surface area contributed by atoms with E-state index in [0.29, 0.717) is 21.4 Å². The molecule has 0 aromatic heterocycles. The zero-order chi connectivity index (χ0) is 20.6. The van der Waals surface area contributed by atoms with Crippen molar-refractivity contribution >= 4 is 40.6 Å². The van der Waals surface area contributed by atoms with Crippen molar-refractivity contribution in [1.82, 2.24) is 0 Å². The third-order valence-electron chi connectivity index (χ3n) is 4.36. The van der Waals surface area contributed by atoms with Gasteiger partial charge >= 0.3 is 0 Å². The lowest BCUT2D eigenvalue weighted by molar-refractivity contribution is 0.591. The summed E-state index contributed by atoms with van der Waals surface area (Å²) in [6.07, 6.45) is 0. The van der Waals surface area contributed by atoms with Gasteiger partial charge in [-0.15, -0.1) is 0 Å². The summed E-state index contributed by atoms with van der Waals surface area (Å²) in [6, 6.07) is 10.9. The van der Waals surface area contributed by atoms with E-state index in [-0.39, 0.29) is 10.8 Å². The Morgan fingerprint density at radius 3 is 1.30 bits per heavy atom. The molecule has 0 amide bonds. The Morgan fingerprint density at radius 2 is 1.00 bits per heavy atom. The van der Waals surface area contributed by atoms with E-state index in [2.05, 4.69) is 69.7 Å². The average molecular weight is 403 g/mol. The van der Waals surface area contributed by atoms with Gasteiger partial charge in [0.2, 0.25) is 0 Å². The van der Waals surface area contributed by atoms with Crippen molar-refractivity contribution in [2.75, 3.05) is 0 Å². The number of aryl methyl sites for hydroxylation is 2. The zero-order valence-electron chi connectivity index (χ0n) is 17.5. The first-order chi connectivity index (χ1) is 12.3. The first kappa shape index (κ1) is 21.7. The van der Waals surface area contributed by atoms with Gasteiger partial charge in [-0.2, -0.15) is 9.98 Å². The fourth-order valence-electron chi connectivity index (χ4n) is 2.96. The van der Waals surface area contributed by atoms with Crippen molar-refractivity contribution in [3.63, 3.8) is 0 Å². The highest BCUT2D eigenvalue weighted by Gasteiger charge is 2.21. The average Bonchev–Trinajstić information content (AvgIpc) is 2.48. The van der Waals surface area contributed by atoms with Crippen LogP contribution in [0, 0.1) is 13.8 Å². The minimum absolute atomic E-state index is 0.0890. The molecule has 0 saturated heterocycles. The van der Waals surface area contributed by atoms with Crippen LogP contribution < -0.4 is 0 Å². The topological polar surface area (TPSA) is 24.7 Å². The first-order valence-corrected chi connectivity index (χ1v) is 9.84. The van der Waals surface area contributed by atoms with Gasteiger partial charge in [0, 0.05) is 0 Å². The van der Waals surface area contributed by atoms with Gasteiger partial charge in [-0.1, -0.05) is 76.9 Å². The third-order valence-corrected chi connectivity index (χ3v) is 4.93. The lowest BCUT2D eigenvalue weighted by atomic mass is 9.85. The second kappa shape index (κ2) is 7.80. The van der Waals surface area contributed by atoms with Gasteiger partial charge in [-0.05, 0) is 59.1 Å². The molecule has 0 N–H and O–H groups in total. The molecule has 0 spiro atoms. The molecule has 144 valence electrons. The van der Waals surface area contributed by atoms with Crippen molar-refractivity contribution in [3.8, 4) is 0 Å². The van der Waals surface area contributed by atoms with Crippen LogP contribution in [0.2, 0.25) is 10.0 Å². The third kappa shape index (κ3) is 5.23. The lowest BCUT2D eigenvalue weighted by Gasteiger charge is -2.22. The summed E-state index contributed by atoms with van der Waals surface area (Å²) >= 11 is 13.0. The van der Waals surface area contributed by atoms with Gasteiger partial charge in [-0.25, -0.2) is 0 Å². The predicted molar refractivity (Wildman–Crippen MR) is 119 cm³/mol. The second-order valence-electron chi connectivity index (χ2n) is 9.11. The monoisotopic (exact) mass is 402 g/mol. The van der Waals surface area contributed by atoms with Crippen LogP contribution in [0.1, 0.15) is 63.8 Å². The van der Waals surface area contributed by atoms with Gasteiger partial charge in [0.15, 0.2) is 0 Å². The van der Waals surface area contributed by atoms with Crippen molar-refractivity contribution in [1.29, 1.82) is 0 Å².